The van der Waals surface area contributed by atoms with Crippen LogP contribution in [0.5, 0.6) is 0 Å². The Morgan fingerprint density at radius 3 is 1.42 bits per heavy atom. The van der Waals surface area contributed by atoms with Crippen LogP contribution in [0, 0.1) is 10.8 Å². The average molecular weight is 367 g/mol. The summed E-state index contributed by atoms with van der Waals surface area (Å²) < 4.78 is 0. The van der Waals surface area contributed by atoms with Gasteiger partial charge in [0.1, 0.15) is 0 Å². The molecule has 0 unspecified atom stereocenters. The zero-order chi connectivity index (χ0) is 20.3. The Kier molecular flexibility index (Phi) is 19.5. The minimum atomic E-state index is 0.458. The fourth-order valence-electron chi connectivity index (χ4n) is 2.86. The van der Waals surface area contributed by atoms with Crippen LogP contribution in [0.4, 0.5) is 0 Å². The molecule has 0 saturated carbocycles. The lowest BCUT2D eigenvalue weighted by Crippen LogP contribution is -2.03. The molecule has 0 spiro atoms. The first-order valence-electron chi connectivity index (χ1n) is 11.8. The fourth-order valence-corrected chi connectivity index (χ4v) is 2.86. The molecule has 0 aromatic rings. The summed E-state index contributed by atoms with van der Waals surface area (Å²) in [5.74, 6) is 0. The van der Waals surface area contributed by atoms with E-state index in [1.54, 1.807) is 0 Å². The van der Waals surface area contributed by atoms with Crippen molar-refractivity contribution in [2.24, 2.45) is 10.8 Å². The van der Waals surface area contributed by atoms with Gasteiger partial charge in [0, 0.05) is 0 Å². The molecular formula is C26H54. The minimum Gasteiger partial charge on any atom is -0.0885 e. The topological polar surface area (TPSA) is 0 Å². The quantitative estimate of drug-likeness (QED) is 0.224. The molecule has 26 heavy (non-hydrogen) atoms. The summed E-state index contributed by atoms with van der Waals surface area (Å²) in [4.78, 5) is 0. The lowest BCUT2D eigenvalue weighted by atomic mass is 9.89. The third-order valence-corrected chi connectivity index (χ3v) is 4.65. The van der Waals surface area contributed by atoms with E-state index >= 15 is 0 Å². The molecule has 0 radical (unpaired) electrons. The highest BCUT2D eigenvalue weighted by Crippen LogP contribution is 2.22. The van der Waals surface area contributed by atoms with Crippen LogP contribution in [0.2, 0.25) is 0 Å². The molecule has 0 heterocycles. The molecule has 0 amide bonds. The van der Waals surface area contributed by atoms with Crippen LogP contribution in [-0.4, -0.2) is 0 Å². The Bertz CT molecular complexity index is 284. The molecule has 0 N–H and O–H groups in total. The van der Waals surface area contributed by atoms with Gasteiger partial charge in [0.05, 0.1) is 0 Å². The van der Waals surface area contributed by atoms with Gasteiger partial charge in [-0.25, -0.2) is 0 Å². The fraction of sp³-hybridized carbons (Fsp3) is 0.923. The molecule has 0 aromatic carbocycles. The van der Waals surface area contributed by atoms with E-state index in [1.807, 2.05) is 0 Å². The van der Waals surface area contributed by atoms with E-state index in [0.717, 1.165) is 0 Å². The standard InChI is InChI=1S/C13H28.C13H26/c2*1-5-6-7-8-9-10-11-12-13(2,3)4/h5-12H2,1-4H3;10-11H,5-9,12H2,1-4H3/b;11-10-. The molecule has 0 atom stereocenters. The highest BCUT2D eigenvalue weighted by Gasteiger charge is 2.08. The molecule has 0 rings (SSSR count). The maximum absolute atomic E-state index is 2.35. The van der Waals surface area contributed by atoms with E-state index in [2.05, 4.69) is 67.5 Å². The molecule has 0 heteroatoms. The molecule has 0 aromatic heterocycles. The summed E-state index contributed by atoms with van der Waals surface area (Å²) in [6.07, 6.45) is 24.1. The van der Waals surface area contributed by atoms with Gasteiger partial charge in [-0.05, 0) is 36.5 Å². The molecule has 158 valence electrons. The van der Waals surface area contributed by atoms with Gasteiger partial charge < -0.3 is 0 Å². The van der Waals surface area contributed by atoms with Crippen LogP contribution < -0.4 is 0 Å². The summed E-state index contributed by atoms with van der Waals surface area (Å²) >= 11 is 0. The van der Waals surface area contributed by atoms with E-state index in [0.29, 0.717) is 10.8 Å². The highest BCUT2D eigenvalue weighted by molar-refractivity contribution is 4.85. The van der Waals surface area contributed by atoms with Crippen molar-refractivity contribution >= 4 is 0 Å². The second kappa shape index (κ2) is 18.1. The SMILES string of the molecule is CCCCCC/C=C\CC(C)(C)C.CCCCCCCCCC(C)(C)C. The number of allylic oxidation sites excluding steroid dienone is 2. The van der Waals surface area contributed by atoms with Gasteiger partial charge in [-0.15, -0.1) is 0 Å². The molecule has 0 aliphatic rings. The first-order chi connectivity index (χ1) is 12.1. The van der Waals surface area contributed by atoms with E-state index in [-0.39, 0.29) is 0 Å². The summed E-state index contributed by atoms with van der Waals surface area (Å²) in [7, 11) is 0. The summed E-state index contributed by atoms with van der Waals surface area (Å²) in [6, 6.07) is 0. The molecule has 0 aliphatic carbocycles. The van der Waals surface area contributed by atoms with Crippen molar-refractivity contribution in [2.75, 3.05) is 0 Å². The van der Waals surface area contributed by atoms with Gasteiger partial charge in [-0.3, -0.25) is 0 Å². The molecule has 0 fully saturated rings. The lowest BCUT2D eigenvalue weighted by Gasteiger charge is -2.17. The predicted octanol–water partition coefficient (Wildman–Crippen LogP) is 10.1. The lowest BCUT2D eigenvalue weighted by molar-refractivity contribution is 0.356. The van der Waals surface area contributed by atoms with E-state index < -0.39 is 0 Å². The molecule has 0 aliphatic heterocycles. The Balaban J connectivity index is 0. The average Bonchev–Trinajstić information content (AvgIpc) is 2.52. The van der Waals surface area contributed by atoms with E-state index in [4.69, 9.17) is 0 Å². The van der Waals surface area contributed by atoms with Crippen molar-refractivity contribution in [1.82, 2.24) is 0 Å². The van der Waals surface area contributed by atoms with Gasteiger partial charge in [0.2, 0.25) is 0 Å². The number of hydrogen-bond acceptors (Lipinski definition) is 0. The van der Waals surface area contributed by atoms with E-state index in [9.17, 15) is 0 Å². The first-order valence-corrected chi connectivity index (χ1v) is 11.8. The van der Waals surface area contributed by atoms with Crippen molar-refractivity contribution < 1.29 is 0 Å². The van der Waals surface area contributed by atoms with Crippen molar-refractivity contribution in [3.8, 4) is 0 Å². The van der Waals surface area contributed by atoms with Crippen LogP contribution in [-0.2, 0) is 0 Å². The van der Waals surface area contributed by atoms with Crippen LogP contribution >= 0.6 is 0 Å². The monoisotopic (exact) mass is 366 g/mol. The van der Waals surface area contributed by atoms with Gasteiger partial charge in [0.25, 0.3) is 0 Å². The van der Waals surface area contributed by atoms with Gasteiger partial charge in [-0.2, -0.15) is 0 Å². The van der Waals surface area contributed by atoms with Crippen molar-refractivity contribution in [3.05, 3.63) is 12.2 Å². The maximum atomic E-state index is 2.35. The Morgan fingerprint density at radius 1 is 0.500 bits per heavy atom. The Labute approximate surface area is 168 Å². The zero-order valence-electron chi connectivity index (χ0n) is 20.1. The largest absolute Gasteiger partial charge is 0.0885 e. The number of hydrogen-bond donors (Lipinski definition) is 0. The summed E-state index contributed by atoms with van der Waals surface area (Å²) in [5, 5.41) is 0. The molecular weight excluding hydrogens is 312 g/mol. The van der Waals surface area contributed by atoms with Crippen LogP contribution in [0.15, 0.2) is 12.2 Å². The molecule has 0 saturated heterocycles. The highest BCUT2D eigenvalue weighted by atomic mass is 14.1. The predicted molar refractivity (Wildman–Crippen MR) is 124 cm³/mol. The van der Waals surface area contributed by atoms with Crippen molar-refractivity contribution in [1.29, 1.82) is 0 Å². The Morgan fingerprint density at radius 2 is 0.962 bits per heavy atom. The summed E-state index contributed by atoms with van der Waals surface area (Å²) in [5.41, 5.74) is 1.00. The summed E-state index contributed by atoms with van der Waals surface area (Å²) in [6.45, 7) is 18.4. The molecule has 0 nitrogen and oxygen atoms in total. The van der Waals surface area contributed by atoms with Crippen molar-refractivity contribution in [2.45, 2.75) is 145 Å². The second-order valence-electron chi connectivity index (χ2n) is 10.5. The van der Waals surface area contributed by atoms with Crippen molar-refractivity contribution in [3.63, 3.8) is 0 Å². The first kappa shape index (κ1) is 28.0. The van der Waals surface area contributed by atoms with Gasteiger partial charge in [-0.1, -0.05) is 132 Å². The minimum absolute atomic E-state index is 0.458. The van der Waals surface area contributed by atoms with Crippen LogP contribution in [0.3, 0.4) is 0 Å². The second-order valence-corrected chi connectivity index (χ2v) is 10.5. The third kappa shape index (κ3) is 31.5. The zero-order valence-corrected chi connectivity index (χ0v) is 20.1. The van der Waals surface area contributed by atoms with Gasteiger partial charge >= 0.3 is 0 Å². The van der Waals surface area contributed by atoms with E-state index in [1.165, 1.54) is 89.9 Å². The molecule has 0 bridgehead atoms. The maximum Gasteiger partial charge on any atom is -0.0302 e. The van der Waals surface area contributed by atoms with Gasteiger partial charge in [0.15, 0.2) is 0 Å². The number of rotatable bonds is 13. The third-order valence-electron chi connectivity index (χ3n) is 4.65. The normalized spacial score (nSPS) is 12.3. The number of unbranched alkanes of at least 4 members (excludes halogenated alkanes) is 10. The van der Waals surface area contributed by atoms with Crippen LogP contribution in [0.1, 0.15) is 145 Å². The smallest absolute Gasteiger partial charge is 0.0302 e. The Hall–Kier alpha value is -0.260. The van der Waals surface area contributed by atoms with Crippen LogP contribution in [0.25, 0.3) is 0 Å².